The van der Waals surface area contributed by atoms with Crippen LogP contribution >= 0.6 is 9.41 Å². The highest BCUT2D eigenvalue weighted by Gasteiger charge is 2.35. The van der Waals surface area contributed by atoms with Gasteiger partial charge in [0.05, 0.1) is 19.6 Å². The van der Waals surface area contributed by atoms with Crippen molar-refractivity contribution in [2.24, 2.45) is 5.73 Å². The quantitative estimate of drug-likeness (QED) is 0.577. The van der Waals surface area contributed by atoms with Crippen LogP contribution in [0, 0.1) is 0 Å². The molecule has 4 N–H and O–H groups in total. The molecule has 9 heteroatoms. The number of rotatable bonds is 6. The molecule has 0 spiro atoms. The number of ether oxygens (including phenoxy) is 1. The van der Waals surface area contributed by atoms with Crippen LogP contribution in [0.25, 0.3) is 6.08 Å². The molecule has 8 nitrogen and oxygen atoms in total. The van der Waals surface area contributed by atoms with E-state index in [1.807, 2.05) is 0 Å². The van der Waals surface area contributed by atoms with Gasteiger partial charge in [0.15, 0.2) is 0 Å². The first-order valence-electron chi connectivity index (χ1n) is 6.91. The molecule has 1 aromatic rings. The molecule has 4 atom stereocenters. The van der Waals surface area contributed by atoms with Gasteiger partial charge in [-0.1, -0.05) is 12.2 Å². The van der Waals surface area contributed by atoms with Crippen LogP contribution < -0.4 is 17.0 Å². The Hall–Kier alpha value is -1.31. The number of nitrogens with zero attached hydrogens (tertiary/aromatic N) is 1. The van der Waals surface area contributed by atoms with Gasteiger partial charge in [0, 0.05) is 28.6 Å². The number of aromatic nitrogens is 2. The standard InChI is InChI=1S/C12H18N3O5P/c13-3-1-2-7-5-15(12(18)14-11(7)17)10-4-8(16)9(20-10)6-19-21/h1-2,5,8-10,16H,3-4,6,13,21H2,(H,14,17,18)/i21T. The summed E-state index contributed by atoms with van der Waals surface area (Å²) in [5.41, 5.74) is 4.49. The Labute approximate surface area is 124 Å². The van der Waals surface area contributed by atoms with Crippen LogP contribution in [0.15, 0.2) is 21.9 Å². The molecule has 1 fully saturated rings. The third-order valence-corrected chi connectivity index (χ3v) is 3.36. The molecule has 1 aromatic heterocycles. The topological polar surface area (TPSA) is 120 Å². The number of nitrogens with one attached hydrogen (secondary N) is 1. The molecular formula is C12H18N3O5P. The van der Waals surface area contributed by atoms with Crippen LogP contribution in [-0.2, 0) is 9.26 Å². The second-order valence-electron chi connectivity index (χ2n) is 4.63. The number of aliphatic hydroxyl groups is 1. The molecule has 2 rings (SSSR count). The lowest BCUT2D eigenvalue weighted by molar-refractivity contribution is -0.0382. The van der Waals surface area contributed by atoms with Gasteiger partial charge in [0.1, 0.15) is 12.3 Å². The van der Waals surface area contributed by atoms with Gasteiger partial charge < -0.3 is 20.1 Å². The summed E-state index contributed by atoms with van der Waals surface area (Å²) >= 11 is 0. The van der Waals surface area contributed by atoms with E-state index in [4.69, 9.17) is 16.3 Å². The zero-order chi connectivity index (χ0) is 16.1. The molecule has 0 radical (unpaired) electrons. The van der Waals surface area contributed by atoms with E-state index >= 15 is 0 Å². The van der Waals surface area contributed by atoms with E-state index < -0.39 is 39.1 Å². The van der Waals surface area contributed by atoms with Gasteiger partial charge in [0.2, 0.25) is 0 Å². The lowest BCUT2D eigenvalue weighted by Crippen LogP contribution is -2.33. The molecule has 0 bridgehead atoms. The molecule has 1 aliphatic rings. The summed E-state index contributed by atoms with van der Waals surface area (Å²) in [5.74, 6) is 0. The Morgan fingerprint density at radius 3 is 3.24 bits per heavy atom. The van der Waals surface area contributed by atoms with E-state index in [2.05, 4.69) is 4.98 Å². The van der Waals surface area contributed by atoms with Crippen LogP contribution in [0.3, 0.4) is 0 Å². The third kappa shape index (κ3) is 3.66. The number of hydrogen-bond acceptors (Lipinski definition) is 6. The first-order valence-corrected chi connectivity index (χ1v) is 6.81. The van der Waals surface area contributed by atoms with Crippen molar-refractivity contribution in [3.05, 3.63) is 38.7 Å². The predicted molar refractivity (Wildman–Crippen MR) is 79.6 cm³/mol. The second-order valence-corrected chi connectivity index (χ2v) is 4.92. The molecule has 116 valence electrons. The van der Waals surface area contributed by atoms with E-state index in [-0.39, 0.29) is 25.1 Å². The highest BCUT2D eigenvalue weighted by atomic mass is 31.0. The average Bonchev–Trinajstić information content (AvgIpc) is 2.85. The smallest absolute Gasteiger partial charge is 0.330 e. The Balaban J connectivity index is 2.24. The van der Waals surface area contributed by atoms with Crippen molar-refractivity contribution in [2.45, 2.75) is 24.9 Å². The van der Waals surface area contributed by atoms with E-state index in [0.29, 0.717) is 0 Å². The van der Waals surface area contributed by atoms with Crippen LogP contribution in [0.2, 0.25) is 0 Å². The lowest BCUT2D eigenvalue weighted by Gasteiger charge is -2.15. The van der Waals surface area contributed by atoms with Gasteiger partial charge >= 0.3 is 5.69 Å². The van der Waals surface area contributed by atoms with Crippen molar-refractivity contribution in [3.8, 4) is 0 Å². The molecule has 2 heterocycles. The molecule has 21 heavy (non-hydrogen) atoms. The zero-order valence-corrected chi connectivity index (χ0v) is 12.2. The first kappa shape index (κ1) is 14.6. The third-order valence-electron chi connectivity index (χ3n) is 3.19. The predicted octanol–water partition coefficient (Wildman–Crippen LogP) is -1.04. The molecule has 0 amide bonds. The van der Waals surface area contributed by atoms with Crippen molar-refractivity contribution >= 4 is 15.5 Å². The fraction of sp³-hybridized carbons (Fsp3) is 0.500. The van der Waals surface area contributed by atoms with Gasteiger partial charge in [-0.25, -0.2) is 4.79 Å². The van der Waals surface area contributed by atoms with Crippen molar-refractivity contribution in [1.29, 1.82) is 1.28 Å². The van der Waals surface area contributed by atoms with Gasteiger partial charge in [-0.05, 0) is 0 Å². The highest BCUT2D eigenvalue weighted by molar-refractivity contribution is 7.09. The van der Waals surface area contributed by atoms with E-state index in [1.165, 1.54) is 16.8 Å². The van der Waals surface area contributed by atoms with Gasteiger partial charge in [-0.3, -0.25) is 14.3 Å². The summed E-state index contributed by atoms with van der Waals surface area (Å²) in [4.78, 5) is 25.8. The SMILES string of the molecule is [3H]POCC1OC(n2cc(C=CCN)c(=O)[nH]c2=O)CC1O. The summed E-state index contributed by atoms with van der Waals surface area (Å²) in [6.07, 6.45) is 2.57. The normalized spacial score (nSPS) is 27.0. The molecular weight excluding hydrogens is 297 g/mol. The largest absolute Gasteiger partial charge is 0.390 e. The van der Waals surface area contributed by atoms with Crippen LogP contribution in [0.4, 0.5) is 0 Å². The minimum Gasteiger partial charge on any atom is -0.390 e. The monoisotopic (exact) mass is 317 g/mol. The molecule has 1 saturated heterocycles. The minimum absolute atomic E-state index is 0.0810. The first-order chi connectivity index (χ1) is 10.6. The molecule has 0 aromatic carbocycles. The molecule has 0 aliphatic carbocycles. The van der Waals surface area contributed by atoms with Crippen LogP contribution in [0.5, 0.6) is 0 Å². The van der Waals surface area contributed by atoms with E-state index in [0.717, 1.165) is 0 Å². The van der Waals surface area contributed by atoms with Crippen molar-refractivity contribution in [3.63, 3.8) is 0 Å². The van der Waals surface area contributed by atoms with Crippen LogP contribution in [0.1, 0.15) is 18.2 Å². The summed E-state index contributed by atoms with van der Waals surface area (Å²) in [5, 5.41) is 9.92. The Bertz CT molecular complexity index is 646. The summed E-state index contributed by atoms with van der Waals surface area (Å²) in [6.45, 7) is 0.349. The van der Waals surface area contributed by atoms with Crippen LogP contribution in [-0.4, -0.2) is 41.3 Å². The van der Waals surface area contributed by atoms with Gasteiger partial charge in [0.25, 0.3) is 5.56 Å². The molecule has 0 saturated carbocycles. The zero-order valence-electron chi connectivity index (χ0n) is 12.2. The maximum atomic E-state index is 11.9. The molecule has 1 aliphatic heterocycles. The van der Waals surface area contributed by atoms with Gasteiger partial charge in [-0.2, -0.15) is 0 Å². The minimum atomic E-state index is -0.803. The summed E-state index contributed by atoms with van der Waals surface area (Å²) in [7, 11) is -0.452. The number of hydrogen-bond donors (Lipinski definition) is 3. The Morgan fingerprint density at radius 1 is 1.71 bits per heavy atom. The highest BCUT2D eigenvalue weighted by Crippen LogP contribution is 2.28. The second kappa shape index (κ2) is 7.11. The number of aromatic amines is 1. The maximum absolute atomic E-state index is 11.9. The Kier molecular flexibility index (Phi) is 4.95. The number of aliphatic hydroxyl groups excluding tert-OH is 1. The van der Waals surface area contributed by atoms with Crippen molar-refractivity contribution in [1.82, 2.24) is 9.55 Å². The fourth-order valence-electron chi connectivity index (χ4n) is 2.15. The Morgan fingerprint density at radius 2 is 2.52 bits per heavy atom. The molecule has 4 unspecified atom stereocenters. The van der Waals surface area contributed by atoms with E-state index in [1.54, 1.807) is 6.08 Å². The van der Waals surface area contributed by atoms with E-state index in [9.17, 15) is 14.7 Å². The maximum Gasteiger partial charge on any atom is 0.330 e. The number of H-pyrrole nitrogens is 1. The summed E-state index contributed by atoms with van der Waals surface area (Å²) < 4.78 is 18.7. The lowest BCUT2D eigenvalue weighted by atomic mass is 10.2. The average molecular weight is 317 g/mol. The van der Waals surface area contributed by atoms with Gasteiger partial charge in [-0.15, -0.1) is 0 Å². The van der Waals surface area contributed by atoms with Crippen molar-refractivity contribution in [2.75, 3.05) is 13.2 Å². The number of nitrogens with two attached hydrogens (primary N) is 1. The fourth-order valence-corrected chi connectivity index (χ4v) is 2.31. The van der Waals surface area contributed by atoms with Crippen molar-refractivity contribution < 1.29 is 14.4 Å². The summed E-state index contributed by atoms with van der Waals surface area (Å²) in [6, 6.07) is 0.